The Morgan fingerprint density at radius 2 is 2.17 bits per heavy atom. The minimum Gasteiger partial charge on any atom is -0.309 e. The fraction of sp³-hybridized carbons (Fsp3) is 0.462. The van der Waals surface area contributed by atoms with Crippen LogP contribution in [-0.2, 0) is 13.0 Å². The highest BCUT2D eigenvalue weighted by atomic mass is 15.1. The number of nitrogens with one attached hydrogen (secondary N) is 1. The molecule has 0 saturated heterocycles. The van der Waals surface area contributed by atoms with Crippen LogP contribution in [-0.4, -0.2) is 25.6 Å². The van der Waals surface area contributed by atoms with Crippen LogP contribution in [0, 0.1) is 0 Å². The quantitative estimate of drug-likeness (QED) is 0.871. The first-order valence-electron chi connectivity index (χ1n) is 6.27. The molecule has 0 bridgehead atoms. The first kappa shape index (κ1) is 12.7. The predicted molar refractivity (Wildman–Crippen MR) is 70.5 cm³/mol. The lowest BCUT2D eigenvalue weighted by Gasteiger charge is -2.09. The summed E-state index contributed by atoms with van der Waals surface area (Å²) in [7, 11) is 0. The van der Waals surface area contributed by atoms with Gasteiger partial charge >= 0.3 is 0 Å². The van der Waals surface area contributed by atoms with Gasteiger partial charge in [-0.2, -0.15) is 0 Å². The van der Waals surface area contributed by atoms with Gasteiger partial charge in [0, 0.05) is 37.6 Å². The van der Waals surface area contributed by atoms with Gasteiger partial charge < -0.3 is 5.32 Å². The molecule has 1 N–H and O–H groups in total. The Bertz CT molecular complexity index is 504. The van der Waals surface area contributed by atoms with Crippen LogP contribution < -0.4 is 5.32 Å². The zero-order valence-corrected chi connectivity index (χ0v) is 11.1. The summed E-state index contributed by atoms with van der Waals surface area (Å²) in [5.41, 5.74) is 0.942. The van der Waals surface area contributed by atoms with Crippen molar-refractivity contribution in [2.75, 3.05) is 0 Å². The van der Waals surface area contributed by atoms with Crippen molar-refractivity contribution < 1.29 is 0 Å². The number of nitrogens with zero attached hydrogens (tertiary/aromatic N) is 4. The van der Waals surface area contributed by atoms with E-state index >= 15 is 0 Å². The molecular weight excluding hydrogens is 226 g/mol. The van der Waals surface area contributed by atoms with Crippen molar-refractivity contribution in [2.45, 2.75) is 39.8 Å². The second-order valence-corrected chi connectivity index (χ2v) is 4.47. The molecule has 0 atom stereocenters. The van der Waals surface area contributed by atoms with E-state index in [9.17, 15) is 0 Å². The highest BCUT2D eigenvalue weighted by Crippen LogP contribution is 2.08. The van der Waals surface area contributed by atoms with Gasteiger partial charge in [0.25, 0.3) is 0 Å². The maximum atomic E-state index is 4.59. The third kappa shape index (κ3) is 2.92. The summed E-state index contributed by atoms with van der Waals surface area (Å²) in [6.07, 6.45) is 8.15. The fourth-order valence-corrected chi connectivity index (χ4v) is 1.71. The Hall–Kier alpha value is -1.75. The third-order valence-electron chi connectivity index (χ3n) is 2.64. The molecule has 0 spiro atoms. The van der Waals surface area contributed by atoms with E-state index in [4.69, 9.17) is 0 Å². The zero-order chi connectivity index (χ0) is 13.0. The van der Waals surface area contributed by atoms with E-state index in [1.165, 1.54) is 0 Å². The van der Waals surface area contributed by atoms with E-state index in [1.54, 1.807) is 18.6 Å². The average molecular weight is 245 g/mol. The van der Waals surface area contributed by atoms with Gasteiger partial charge in [-0.05, 0) is 0 Å². The number of aryl methyl sites for hydroxylation is 1. The zero-order valence-electron chi connectivity index (χ0n) is 11.1. The van der Waals surface area contributed by atoms with Crippen LogP contribution >= 0.6 is 0 Å². The standard InChI is InChI=1S/C13H19N5/c1-4-12-15-5-6-18(12)13-9-14-7-11(17-13)8-16-10(2)3/h5-7,9-10,16H,4,8H2,1-3H3. The topological polar surface area (TPSA) is 55.6 Å². The lowest BCUT2D eigenvalue weighted by molar-refractivity contribution is 0.579. The molecule has 5 nitrogen and oxygen atoms in total. The molecule has 2 rings (SSSR count). The number of hydrogen-bond acceptors (Lipinski definition) is 4. The van der Waals surface area contributed by atoms with Crippen molar-refractivity contribution in [1.29, 1.82) is 0 Å². The van der Waals surface area contributed by atoms with Crippen molar-refractivity contribution in [2.24, 2.45) is 0 Å². The molecule has 18 heavy (non-hydrogen) atoms. The van der Waals surface area contributed by atoms with Gasteiger partial charge in [0.1, 0.15) is 5.82 Å². The van der Waals surface area contributed by atoms with Crippen LogP contribution in [0.25, 0.3) is 5.82 Å². The average Bonchev–Trinajstić information content (AvgIpc) is 2.85. The fourth-order valence-electron chi connectivity index (χ4n) is 1.71. The van der Waals surface area contributed by atoms with Gasteiger partial charge in [-0.1, -0.05) is 20.8 Å². The molecule has 0 radical (unpaired) electrons. The largest absolute Gasteiger partial charge is 0.309 e. The number of imidazole rings is 1. The van der Waals surface area contributed by atoms with Crippen LogP contribution in [0.1, 0.15) is 32.3 Å². The predicted octanol–water partition coefficient (Wildman–Crippen LogP) is 1.72. The summed E-state index contributed by atoms with van der Waals surface area (Å²) >= 11 is 0. The van der Waals surface area contributed by atoms with Crippen LogP contribution in [0.5, 0.6) is 0 Å². The number of aromatic nitrogens is 4. The van der Waals surface area contributed by atoms with E-state index in [0.717, 1.165) is 30.3 Å². The molecule has 0 aromatic carbocycles. The molecule has 5 heteroatoms. The minimum atomic E-state index is 0.440. The highest BCUT2D eigenvalue weighted by molar-refractivity contribution is 5.22. The summed E-state index contributed by atoms with van der Waals surface area (Å²) in [5.74, 6) is 1.82. The highest BCUT2D eigenvalue weighted by Gasteiger charge is 2.06. The van der Waals surface area contributed by atoms with E-state index in [-0.39, 0.29) is 0 Å². The smallest absolute Gasteiger partial charge is 0.156 e. The Balaban J connectivity index is 2.21. The van der Waals surface area contributed by atoms with Crippen LogP contribution in [0.15, 0.2) is 24.8 Å². The molecule has 0 amide bonds. The SMILES string of the molecule is CCc1nccn1-c1cncc(CNC(C)C)n1. The summed E-state index contributed by atoms with van der Waals surface area (Å²) in [6, 6.07) is 0.440. The molecule has 0 saturated carbocycles. The van der Waals surface area contributed by atoms with E-state index < -0.39 is 0 Å². The van der Waals surface area contributed by atoms with Gasteiger partial charge in [-0.25, -0.2) is 9.97 Å². The van der Waals surface area contributed by atoms with Crippen LogP contribution in [0.3, 0.4) is 0 Å². The van der Waals surface area contributed by atoms with Gasteiger partial charge in [-0.3, -0.25) is 9.55 Å². The molecular formula is C13H19N5. The second-order valence-electron chi connectivity index (χ2n) is 4.47. The molecule has 2 heterocycles. The maximum Gasteiger partial charge on any atom is 0.156 e. The third-order valence-corrected chi connectivity index (χ3v) is 2.64. The van der Waals surface area contributed by atoms with Crippen molar-refractivity contribution in [1.82, 2.24) is 24.8 Å². The van der Waals surface area contributed by atoms with Gasteiger partial charge in [0.2, 0.25) is 0 Å². The van der Waals surface area contributed by atoms with E-state index in [2.05, 4.69) is 41.0 Å². The first-order valence-corrected chi connectivity index (χ1v) is 6.27. The van der Waals surface area contributed by atoms with Crippen molar-refractivity contribution in [3.05, 3.63) is 36.3 Å². The number of hydrogen-bond donors (Lipinski definition) is 1. The lowest BCUT2D eigenvalue weighted by Crippen LogP contribution is -2.22. The Kier molecular flexibility index (Phi) is 4.04. The van der Waals surface area contributed by atoms with Gasteiger partial charge in [0.15, 0.2) is 5.82 Å². The van der Waals surface area contributed by atoms with Gasteiger partial charge in [-0.15, -0.1) is 0 Å². The summed E-state index contributed by atoms with van der Waals surface area (Å²) < 4.78 is 1.98. The normalized spacial score (nSPS) is 11.1. The summed E-state index contributed by atoms with van der Waals surface area (Å²) in [6.45, 7) is 7.04. The molecule has 2 aromatic heterocycles. The van der Waals surface area contributed by atoms with Crippen molar-refractivity contribution in [3.8, 4) is 5.82 Å². The van der Waals surface area contributed by atoms with Gasteiger partial charge in [0.05, 0.1) is 11.9 Å². The maximum absolute atomic E-state index is 4.59. The monoisotopic (exact) mass is 245 g/mol. The number of rotatable bonds is 5. The lowest BCUT2D eigenvalue weighted by atomic mass is 10.3. The molecule has 0 fully saturated rings. The Labute approximate surface area is 107 Å². The van der Waals surface area contributed by atoms with Crippen LogP contribution in [0.2, 0.25) is 0 Å². The molecule has 0 unspecified atom stereocenters. The first-order chi connectivity index (χ1) is 8.70. The second kappa shape index (κ2) is 5.73. The minimum absolute atomic E-state index is 0.440. The summed E-state index contributed by atoms with van der Waals surface area (Å²) in [5, 5.41) is 3.34. The molecule has 0 aliphatic heterocycles. The summed E-state index contributed by atoms with van der Waals surface area (Å²) in [4.78, 5) is 13.1. The van der Waals surface area contributed by atoms with Crippen molar-refractivity contribution >= 4 is 0 Å². The van der Waals surface area contributed by atoms with Crippen LogP contribution in [0.4, 0.5) is 0 Å². The van der Waals surface area contributed by atoms with Crippen molar-refractivity contribution in [3.63, 3.8) is 0 Å². The molecule has 0 aliphatic carbocycles. The molecule has 96 valence electrons. The molecule has 0 aliphatic rings. The Morgan fingerprint density at radius 1 is 1.33 bits per heavy atom. The molecule has 2 aromatic rings. The van der Waals surface area contributed by atoms with E-state index in [0.29, 0.717) is 6.04 Å². The van der Waals surface area contributed by atoms with E-state index in [1.807, 2.05) is 10.8 Å². The Morgan fingerprint density at radius 3 is 2.89 bits per heavy atom.